The number of benzene rings is 2. The molecule has 2 aliphatic heterocycles. The van der Waals surface area contributed by atoms with Crippen LogP contribution in [0.1, 0.15) is 25.7 Å². The predicted molar refractivity (Wildman–Crippen MR) is 163 cm³/mol. The average molecular weight is 569 g/mol. The highest BCUT2D eigenvalue weighted by Crippen LogP contribution is 2.43. The lowest BCUT2D eigenvalue weighted by Crippen LogP contribution is -2.46. The molecular formula is C29H38ClN6O2P. The maximum atomic E-state index is 12.9. The van der Waals surface area contributed by atoms with E-state index < -0.39 is 7.14 Å². The molecule has 0 radical (unpaired) electrons. The third kappa shape index (κ3) is 6.03. The number of nitrogens with one attached hydrogen (secondary N) is 1. The van der Waals surface area contributed by atoms with Crippen LogP contribution >= 0.6 is 18.7 Å². The monoisotopic (exact) mass is 568 g/mol. The molecule has 0 amide bonds. The number of piperidine rings is 2. The van der Waals surface area contributed by atoms with Gasteiger partial charge in [0.15, 0.2) is 5.82 Å². The van der Waals surface area contributed by atoms with E-state index in [1.165, 1.54) is 45.0 Å². The van der Waals surface area contributed by atoms with E-state index >= 15 is 0 Å². The Hall–Kier alpha value is -2.80. The Bertz CT molecular complexity index is 1380. The van der Waals surface area contributed by atoms with Gasteiger partial charge in [-0.05, 0) is 88.8 Å². The molecule has 3 aromatic rings. The summed E-state index contributed by atoms with van der Waals surface area (Å²) in [5.74, 6) is 0.922. The van der Waals surface area contributed by atoms with Crippen LogP contribution in [-0.2, 0) is 4.57 Å². The highest BCUT2D eigenvalue weighted by Gasteiger charge is 2.37. The molecule has 2 fully saturated rings. The van der Waals surface area contributed by atoms with Crippen LogP contribution in [0.25, 0.3) is 0 Å². The predicted octanol–water partition coefficient (Wildman–Crippen LogP) is 5.91. The smallest absolute Gasteiger partial charge is 0.229 e. The number of phenolic OH excluding ortho intramolecular Hbond substituents is 1. The first-order chi connectivity index (χ1) is 18.5. The lowest BCUT2D eigenvalue weighted by Gasteiger charge is -2.46. The van der Waals surface area contributed by atoms with Crippen LogP contribution in [-0.4, -0.2) is 73.6 Å². The van der Waals surface area contributed by atoms with Gasteiger partial charge in [-0.25, -0.2) is 4.98 Å². The first-order valence-corrected chi connectivity index (χ1v) is 16.5. The summed E-state index contributed by atoms with van der Waals surface area (Å²) >= 11 is 6.49. The van der Waals surface area contributed by atoms with Crippen LogP contribution < -0.4 is 20.4 Å². The zero-order chi connectivity index (χ0) is 27.8. The number of hydrogen-bond donors (Lipinski definition) is 2. The van der Waals surface area contributed by atoms with Crippen LogP contribution in [0.5, 0.6) is 5.75 Å². The van der Waals surface area contributed by atoms with Gasteiger partial charge in [0, 0.05) is 37.2 Å². The molecule has 208 valence electrons. The van der Waals surface area contributed by atoms with Gasteiger partial charge in [0.1, 0.15) is 17.9 Å². The Kier molecular flexibility index (Phi) is 7.82. The molecule has 2 aromatic carbocycles. The zero-order valence-corrected chi connectivity index (χ0v) is 24.8. The number of para-hydroxylation sites is 1. The van der Waals surface area contributed by atoms with Crippen molar-refractivity contribution in [2.24, 2.45) is 5.41 Å². The van der Waals surface area contributed by atoms with E-state index in [1.54, 1.807) is 13.3 Å². The second-order valence-corrected chi connectivity index (χ2v) is 15.0. The summed E-state index contributed by atoms with van der Waals surface area (Å²) in [6.07, 6.45) is 6.49. The zero-order valence-electron chi connectivity index (χ0n) is 23.2. The second kappa shape index (κ2) is 11.0. The highest BCUT2D eigenvalue weighted by atomic mass is 35.5. The maximum absolute atomic E-state index is 12.9. The minimum Gasteiger partial charge on any atom is -0.506 e. The van der Waals surface area contributed by atoms with Crippen molar-refractivity contribution in [3.05, 3.63) is 53.7 Å². The Morgan fingerprint density at radius 1 is 1.05 bits per heavy atom. The third-order valence-corrected chi connectivity index (χ3v) is 10.1. The molecule has 0 atom stereocenters. The fourth-order valence-electron chi connectivity index (χ4n) is 5.75. The van der Waals surface area contributed by atoms with Crippen molar-refractivity contribution in [3.8, 4) is 5.75 Å². The van der Waals surface area contributed by atoms with Gasteiger partial charge >= 0.3 is 0 Å². The summed E-state index contributed by atoms with van der Waals surface area (Å²) in [6, 6.07) is 13.3. The highest BCUT2D eigenvalue weighted by molar-refractivity contribution is 7.70. The number of halogens is 1. The molecule has 0 unspecified atom stereocenters. The molecule has 0 bridgehead atoms. The third-order valence-electron chi connectivity index (χ3n) is 8.33. The number of aromatic nitrogens is 2. The minimum absolute atomic E-state index is 0.142. The van der Waals surface area contributed by atoms with Gasteiger partial charge < -0.3 is 29.7 Å². The summed E-state index contributed by atoms with van der Waals surface area (Å²) in [6.45, 7) is 7.90. The molecule has 0 saturated carbocycles. The number of nitrogens with zero attached hydrogens (tertiary/aromatic N) is 5. The standard InChI is InChI=1S/C29H38ClN6O2P/c1-34-15-11-29(12-16-34)13-17-36(18-14-29)21-9-10-23(25(37)19-21)32-28-31-20-22(30)27(33-28)35(2)24-7-5-6-8-26(24)39(3,4)38/h5-10,19-20,37H,11-18H2,1-4H3,(H,31,32,33). The molecule has 2 saturated heterocycles. The van der Waals surface area contributed by atoms with Crippen LogP contribution in [0.15, 0.2) is 48.7 Å². The van der Waals surface area contributed by atoms with Gasteiger partial charge in [0.05, 0.1) is 17.6 Å². The van der Waals surface area contributed by atoms with E-state index in [0.29, 0.717) is 27.9 Å². The van der Waals surface area contributed by atoms with E-state index in [0.717, 1.165) is 29.8 Å². The fraction of sp³-hybridized carbons (Fsp3) is 0.448. The number of hydrogen-bond acceptors (Lipinski definition) is 8. The fourth-order valence-corrected chi connectivity index (χ4v) is 7.18. The molecule has 5 rings (SSSR count). The Labute approximate surface area is 236 Å². The van der Waals surface area contributed by atoms with Gasteiger partial charge in [0.2, 0.25) is 5.95 Å². The first-order valence-electron chi connectivity index (χ1n) is 13.5. The largest absolute Gasteiger partial charge is 0.506 e. The molecular weight excluding hydrogens is 531 g/mol. The van der Waals surface area contributed by atoms with Crippen molar-refractivity contribution >= 4 is 52.9 Å². The summed E-state index contributed by atoms with van der Waals surface area (Å²) < 4.78 is 12.9. The molecule has 8 nitrogen and oxygen atoms in total. The molecule has 2 N–H and O–H groups in total. The molecule has 3 heterocycles. The first kappa shape index (κ1) is 27.8. The number of rotatable bonds is 6. The Morgan fingerprint density at radius 3 is 2.38 bits per heavy atom. The number of likely N-dealkylation sites (tertiary alicyclic amines) is 1. The Morgan fingerprint density at radius 2 is 1.72 bits per heavy atom. The van der Waals surface area contributed by atoms with Crippen molar-refractivity contribution < 1.29 is 9.67 Å². The molecule has 0 aliphatic carbocycles. The van der Waals surface area contributed by atoms with Gasteiger partial charge in [-0.15, -0.1) is 0 Å². The van der Waals surface area contributed by atoms with Crippen LogP contribution in [0, 0.1) is 5.41 Å². The van der Waals surface area contributed by atoms with Crippen LogP contribution in [0.3, 0.4) is 0 Å². The Balaban J connectivity index is 1.30. The van der Waals surface area contributed by atoms with E-state index in [-0.39, 0.29) is 5.75 Å². The second-order valence-electron chi connectivity index (χ2n) is 11.4. The van der Waals surface area contributed by atoms with Gasteiger partial charge in [-0.3, -0.25) is 0 Å². The summed E-state index contributed by atoms with van der Waals surface area (Å²) in [5.41, 5.74) is 2.80. The average Bonchev–Trinajstić information content (AvgIpc) is 2.92. The van der Waals surface area contributed by atoms with Crippen molar-refractivity contribution in [3.63, 3.8) is 0 Å². The van der Waals surface area contributed by atoms with Gasteiger partial charge in [-0.1, -0.05) is 23.7 Å². The van der Waals surface area contributed by atoms with Gasteiger partial charge in [-0.2, -0.15) is 4.98 Å². The number of aromatic hydroxyl groups is 1. The van der Waals surface area contributed by atoms with Gasteiger partial charge in [0.25, 0.3) is 0 Å². The lowest BCUT2D eigenvalue weighted by atomic mass is 9.71. The van der Waals surface area contributed by atoms with Crippen molar-refractivity contribution in [1.29, 1.82) is 0 Å². The van der Waals surface area contributed by atoms with Crippen molar-refractivity contribution in [2.45, 2.75) is 25.7 Å². The van der Waals surface area contributed by atoms with E-state index in [4.69, 9.17) is 11.6 Å². The van der Waals surface area contributed by atoms with E-state index in [1.807, 2.05) is 54.4 Å². The van der Waals surface area contributed by atoms with Crippen molar-refractivity contribution in [1.82, 2.24) is 14.9 Å². The maximum Gasteiger partial charge on any atom is 0.229 e. The van der Waals surface area contributed by atoms with E-state index in [2.05, 4.69) is 32.1 Å². The topological polar surface area (TPSA) is 84.8 Å². The van der Waals surface area contributed by atoms with Crippen LogP contribution in [0.2, 0.25) is 5.02 Å². The normalized spacial score (nSPS) is 17.8. The SMILES string of the molecule is CN1CCC2(CC1)CCN(c1ccc(Nc3ncc(Cl)c(N(C)c4ccccc4P(C)(C)=O)n3)c(O)c1)CC2. The molecule has 10 heteroatoms. The molecule has 1 spiro atoms. The lowest BCUT2D eigenvalue weighted by molar-refractivity contribution is 0.0945. The molecule has 1 aromatic heterocycles. The molecule has 39 heavy (non-hydrogen) atoms. The van der Waals surface area contributed by atoms with Crippen LogP contribution in [0.4, 0.5) is 28.8 Å². The number of anilines is 5. The minimum atomic E-state index is -2.53. The number of phenols is 1. The summed E-state index contributed by atoms with van der Waals surface area (Å²) in [5, 5.41) is 15.1. The quantitative estimate of drug-likeness (QED) is 0.280. The van der Waals surface area contributed by atoms with Crippen molar-refractivity contribution in [2.75, 3.05) is 68.7 Å². The summed E-state index contributed by atoms with van der Waals surface area (Å²) in [4.78, 5) is 15.6. The van der Waals surface area contributed by atoms with E-state index in [9.17, 15) is 9.67 Å². The molecule has 2 aliphatic rings. The summed E-state index contributed by atoms with van der Waals surface area (Å²) in [7, 11) is 1.52.